The number of carbonyl (C=O) groups is 3. The monoisotopic (exact) mass is 352 g/mol. The maximum atomic E-state index is 13.1. The van der Waals surface area contributed by atoms with Crippen LogP contribution in [0.4, 0.5) is 0 Å². The van der Waals surface area contributed by atoms with Crippen LogP contribution in [-0.2, 0) is 22.6 Å². The molecule has 0 radical (unpaired) electrons. The fourth-order valence-corrected chi connectivity index (χ4v) is 5.15. The number of hydrogen-bond donors (Lipinski definition) is 1. The van der Waals surface area contributed by atoms with Gasteiger partial charge < -0.3 is 4.90 Å². The van der Waals surface area contributed by atoms with Crippen LogP contribution in [0.1, 0.15) is 65.6 Å². The Bertz CT molecular complexity index is 834. The molecule has 5 heteroatoms. The number of nitrogens with one attached hydrogen (secondary N) is 1. The minimum absolute atomic E-state index is 0.0449. The summed E-state index contributed by atoms with van der Waals surface area (Å²) in [4.78, 5) is 39.1. The molecule has 1 N–H and O–H groups in total. The standard InChI is InChI=1S/C21H24N2O3/c1-12-7-14(6-5-13-3-2-4-13)17-11-23(19(25)16(17)8-12)21-9-15(10-21)18(24)22-20(21)26/h7-8,13,15H,2-6,9-11H2,1H3,(H,22,24,26). The normalized spacial score (nSPS) is 30.0. The van der Waals surface area contributed by atoms with Crippen molar-refractivity contribution in [3.05, 3.63) is 34.4 Å². The molecule has 0 atom stereocenters. The van der Waals surface area contributed by atoms with Crippen LogP contribution in [0.25, 0.3) is 0 Å². The van der Waals surface area contributed by atoms with Gasteiger partial charge in [-0.3, -0.25) is 19.7 Å². The lowest BCUT2D eigenvalue weighted by molar-refractivity contribution is -0.160. The zero-order valence-corrected chi connectivity index (χ0v) is 15.1. The van der Waals surface area contributed by atoms with Crippen molar-refractivity contribution in [2.24, 2.45) is 11.8 Å². The Balaban J connectivity index is 1.44. The lowest BCUT2D eigenvalue weighted by Gasteiger charge is -2.53. The molecule has 5 nitrogen and oxygen atoms in total. The number of piperidine rings is 2. The Morgan fingerprint density at radius 3 is 2.62 bits per heavy atom. The molecular formula is C21H24N2O3. The van der Waals surface area contributed by atoms with Gasteiger partial charge in [-0.15, -0.1) is 0 Å². The molecule has 2 aliphatic carbocycles. The number of amides is 3. The molecule has 4 fully saturated rings. The molecule has 2 saturated heterocycles. The Morgan fingerprint density at radius 2 is 1.96 bits per heavy atom. The highest BCUT2D eigenvalue weighted by Gasteiger charge is 2.63. The van der Waals surface area contributed by atoms with E-state index in [1.165, 1.54) is 31.2 Å². The average molecular weight is 352 g/mol. The van der Waals surface area contributed by atoms with Crippen molar-refractivity contribution < 1.29 is 14.4 Å². The summed E-state index contributed by atoms with van der Waals surface area (Å²) in [5.41, 5.74) is 3.42. The molecule has 26 heavy (non-hydrogen) atoms. The maximum Gasteiger partial charge on any atom is 0.255 e. The molecule has 0 spiro atoms. The van der Waals surface area contributed by atoms with E-state index in [-0.39, 0.29) is 23.6 Å². The van der Waals surface area contributed by atoms with Gasteiger partial charge in [0.25, 0.3) is 11.8 Å². The van der Waals surface area contributed by atoms with E-state index in [4.69, 9.17) is 0 Å². The van der Waals surface area contributed by atoms with Crippen LogP contribution in [0.5, 0.6) is 0 Å². The highest BCUT2D eigenvalue weighted by atomic mass is 16.2. The van der Waals surface area contributed by atoms with Crippen molar-refractivity contribution in [1.82, 2.24) is 10.2 Å². The SMILES string of the molecule is Cc1cc(CCC2CCC2)c2c(c1)C(=O)N(C13CC(C1)C(=O)NC3=O)C2. The predicted octanol–water partition coefficient (Wildman–Crippen LogP) is 2.49. The lowest BCUT2D eigenvalue weighted by atomic mass is 9.63. The minimum atomic E-state index is -0.812. The summed E-state index contributed by atoms with van der Waals surface area (Å²) in [5.74, 6) is 0.193. The molecule has 2 bridgehead atoms. The molecule has 2 saturated carbocycles. The molecular weight excluding hydrogens is 328 g/mol. The molecule has 5 aliphatic rings. The van der Waals surface area contributed by atoms with Crippen molar-refractivity contribution in [3.63, 3.8) is 0 Å². The van der Waals surface area contributed by atoms with Gasteiger partial charge in [0.2, 0.25) is 5.91 Å². The molecule has 136 valence electrons. The molecule has 0 aromatic heterocycles. The first-order valence-corrected chi connectivity index (χ1v) is 9.77. The zero-order chi connectivity index (χ0) is 18.1. The topological polar surface area (TPSA) is 66.5 Å². The average Bonchev–Trinajstić information content (AvgIpc) is 2.82. The van der Waals surface area contributed by atoms with Gasteiger partial charge in [0.1, 0.15) is 5.54 Å². The molecule has 3 aliphatic heterocycles. The van der Waals surface area contributed by atoms with Crippen LogP contribution in [0, 0.1) is 18.8 Å². The number of hydrogen-bond acceptors (Lipinski definition) is 3. The van der Waals surface area contributed by atoms with Crippen molar-refractivity contribution >= 4 is 17.7 Å². The smallest absolute Gasteiger partial charge is 0.255 e. The highest BCUT2D eigenvalue weighted by molar-refractivity contribution is 6.10. The fraction of sp³-hybridized carbons (Fsp3) is 0.571. The van der Waals surface area contributed by atoms with Gasteiger partial charge in [-0.25, -0.2) is 0 Å². The minimum Gasteiger partial charge on any atom is -0.319 e. The van der Waals surface area contributed by atoms with Crippen LogP contribution in [0.2, 0.25) is 0 Å². The Kier molecular flexibility index (Phi) is 3.34. The summed E-state index contributed by atoms with van der Waals surface area (Å²) < 4.78 is 0. The van der Waals surface area contributed by atoms with E-state index in [1.54, 1.807) is 4.90 Å². The Labute approximate surface area is 153 Å². The number of fused-ring (bicyclic) bond motifs is 3. The van der Waals surface area contributed by atoms with Gasteiger partial charge in [0.05, 0.1) is 0 Å². The molecule has 1 aromatic carbocycles. The molecule has 0 unspecified atom stereocenters. The van der Waals surface area contributed by atoms with Crippen molar-refractivity contribution in [2.75, 3.05) is 0 Å². The molecule has 6 rings (SSSR count). The summed E-state index contributed by atoms with van der Waals surface area (Å²) in [7, 11) is 0. The second-order valence-electron chi connectivity index (χ2n) is 8.63. The number of rotatable bonds is 4. The lowest BCUT2D eigenvalue weighted by Crippen LogP contribution is -2.73. The number of aryl methyl sites for hydroxylation is 2. The largest absolute Gasteiger partial charge is 0.319 e. The van der Waals surface area contributed by atoms with Crippen LogP contribution in [0.15, 0.2) is 12.1 Å². The first-order valence-electron chi connectivity index (χ1n) is 9.77. The molecule has 1 aromatic rings. The summed E-state index contributed by atoms with van der Waals surface area (Å²) in [6.45, 7) is 2.54. The van der Waals surface area contributed by atoms with Gasteiger partial charge in [-0.05, 0) is 55.7 Å². The quantitative estimate of drug-likeness (QED) is 0.847. The number of imide groups is 1. The third-order valence-electron chi connectivity index (χ3n) is 7.04. The third kappa shape index (κ3) is 2.12. The van der Waals surface area contributed by atoms with E-state index < -0.39 is 5.54 Å². The van der Waals surface area contributed by atoms with E-state index in [2.05, 4.69) is 11.4 Å². The number of nitrogens with zero attached hydrogens (tertiary/aromatic N) is 1. The summed E-state index contributed by atoms with van der Waals surface area (Å²) in [6.07, 6.45) is 7.17. The summed E-state index contributed by atoms with van der Waals surface area (Å²) >= 11 is 0. The van der Waals surface area contributed by atoms with Crippen LogP contribution in [0.3, 0.4) is 0 Å². The maximum absolute atomic E-state index is 13.1. The van der Waals surface area contributed by atoms with E-state index in [0.29, 0.717) is 19.4 Å². The Hall–Kier alpha value is -2.17. The number of carbonyl (C=O) groups excluding carboxylic acids is 3. The molecule has 3 heterocycles. The van der Waals surface area contributed by atoms with Gasteiger partial charge in [-0.2, -0.15) is 0 Å². The van der Waals surface area contributed by atoms with Crippen molar-refractivity contribution in [2.45, 2.75) is 64.0 Å². The highest BCUT2D eigenvalue weighted by Crippen LogP contribution is 2.49. The second-order valence-corrected chi connectivity index (χ2v) is 8.63. The van der Waals surface area contributed by atoms with E-state index in [1.807, 2.05) is 13.0 Å². The third-order valence-corrected chi connectivity index (χ3v) is 7.04. The van der Waals surface area contributed by atoms with Crippen LogP contribution < -0.4 is 5.32 Å². The van der Waals surface area contributed by atoms with Crippen LogP contribution in [-0.4, -0.2) is 28.2 Å². The first kappa shape index (κ1) is 16.0. The molecule has 3 amide bonds. The fourth-order valence-electron chi connectivity index (χ4n) is 5.15. The van der Waals surface area contributed by atoms with E-state index >= 15 is 0 Å². The van der Waals surface area contributed by atoms with Gasteiger partial charge in [0, 0.05) is 18.0 Å². The number of benzene rings is 1. The summed E-state index contributed by atoms with van der Waals surface area (Å²) in [6, 6.07) is 4.17. The zero-order valence-electron chi connectivity index (χ0n) is 15.1. The summed E-state index contributed by atoms with van der Waals surface area (Å²) in [5, 5.41) is 2.45. The van der Waals surface area contributed by atoms with Gasteiger partial charge in [0.15, 0.2) is 0 Å². The van der Waals surface area contributed by atoms with E-state index in [0.717, 1.165) is 29.0 Å². The van der Waals surface area contributed by atoms with E-state index in [9.17, 15) is 14.4 Å². The second kappa shape index (κ2) is 5.41. The van der Waals surface area contributed by atoms with Crippen LogP contribution >= 0.6 is 0 Å². The van der Waals surface area contributed by atoms with Gasteiger partial charge >= 0.3 is 0 Å². The van der Waals surface area contributed by atoms with Gasteiger partial charge in [-0.1, -0.05) is 30.9 Å². The Morgan fingerprint density at radius 1 is 1.19 bits per heavy atom. The van der Waals surface area contributed by atoms with Crippen molar-refractivity contribution in [3.8, 4) is 0 Å². The first-order chi connectivity index (χ1) is 12.5. The van der Waals surface area contributed by atoms with Crippen molar-refractivity contribution in [1.29, 1.82) is 0 Å². The predicted molar refractivity (Wildman–Crippen MR) is 95.3 cm³/mol.